The summed E-state index contributed by atoms with van der Waals surface area (Å²) in [6.45, 7) is 8.21. The van der Waals surface area contributed by atoms with Gasteiger partial charge in [-0.15, -0.1) is 0 Å². The number of fused-ring (bicyclic) bond motifs is 1. The molecule has 35 heavy (non-hydrogen) atoms. The molecule has 0 aromatic carbocycles. The summed E-state index contributed by atoms with van der Waals surface area (Å²) in [5, 5.41) is 3.92. The molecule has 1 fully saturated rings. The average molecular weight is 481 g/mol. The lowest BCUT2D eigenvalue weighted by Crippen LogP contribution is -2.50. The van der Waals surface area contributed by atoms with E-state index in [-0.39, 0.29) is 12.0 Å². The van der Waals surface area contributed by atoms with Gasteiger partial charge in [-0.05, 0) is 39.0 Å². The van der Waals surface area contributed by atoms with Crippen molar-refractivity contribution in [3.8, 4) is 0 Å². The number of nitrogens with zero attached hydrogens (tertiary/aromatic N) is 7. The fourth-order valence-electron chi connectivity index (χ4n) is 3.84. The highest BCUT2D eigenvalue weighted by Gasteiger charge is 2.26. The molecular formula is C24H32N8O3. The van der Waals surface area contributed by atoms with Crippen molar-refractivity contribution in [2.45, 2.75) is 26.4 Å². The molecule has 0 aliphatic carbocycles. The molecule has 4 rings (SSSR count). The normalized spacial score (nSPS) is 14.2. The quantitative estimate of drug-likeness (QED) is 0.607. The van der Waals surface area contributed by atoms with Crippen LogP contribution >= 0.6 is 0 Å². The Hall–Kier alpha value is -3.89. The van der Waals surface area contributed by atoms with E-state index >= 15 is 0 Å². The van der Waals surface area contributed by atoms with Crippen LogP contribution in [0.1, 0.15) is 31.3 Å². The van der Waals surface area contributed by atoms with Crippen molar-refractivity contribution in [3.05, 3.63) is 36.3 Å². The first kappa shape index (κ1) is 24.2. The van der Waals surface area contributed by atoms with Gasteiger partial charge in [0.15, 0.2) is 0 Å². The molecular weight excluding hydrogens is 448 g/mol. The first-order chi connectivity index (χ1) is 16.5. The standard InChI is InChI=1S/C24H32N8O3/c1-24(2,3)35-23(34)32-11-9-31(10-12-32)17-7-8-19(25-15-17)27-22-26-14-16-13-18(21(33)29(4)5)30(6)20(16)28-22/h7-8,13-15H,9-12H2,1-6H3,(H,25,26,27,28). The van der Waals surface area contributed by atoms with Gasteiger partial charge in [0.05, 0.1) is 11.9 Å². The molecule has 0 radical (unpaired) electrons. The molecule has 11 heteroatoms. The lowest BCUT2D eigenvalue weighted by Gasteiger charge is -2.36. The van der Waals surface area contributed by atoms with Gasteiger partial charge in [0, 0.05) is 58.9 Å². The SMILES string of the molecule is CN(C)C(=O)c1cc2cnc(Nc3ccc(N4CCN(C(=O)OC(C)(C)C)CC4)cn3)nc2n1C. The maximum absolute atomic E-state index is 12.4. The summed E-state index contributed by atoms with van der Waals surface area (Å²) in [5.41, 5.74) is 1.68. The Morgan fingerprint density at radius 1 is 1.06 bits per heavy atom. The second kappa shape index (κ2) is 9.40. The second-order valence-corrected chi connectivity index (χ2v) is 9.74. The molecule has 1 aliphatic rings. The number of carbonyl (C=O) groups excluding carboxylic acids is 2. The smallest absolute Gasteiger partial charge is 0.410 e. The number of amides is 2. The summed E-state index contributed by atoms with van der Waals surface area (Å²) in [4.78, 5) is 43.5. The summed E-state index contributed by atoms with van der Waals surface area (Å²) in [7, 11) is 5.25. The van der Waals surface area contributed by atoms with Gasteiger partial charge < -0.3 is 29.3 Å². The molecule has 0 saturated carbocycles. The third kappa shape index (κ3) is 5.44. The van der Waals surface area contributed by atoms with Gasteiger partial charge in [-0.1, -0.05) is 0 Å². The first-order valence-corrected chi connectivity index (χ1v) is 11.5. The number of rotatable bonds is 4. The number of anilines is 3. The maximum Gasteiger partial charge on any atom is 0.410 e. The minimum Gasteiger partial charge on any atom is -0.444 e. The van der Waals surface area contributed by atoms with Crippen LogP contribution in [-0.4, -0.2) is 87.2 Å². The molecule has 3 aromatic rings. The number of aryl methyl sites for hydroxylation is 1. The molecule has 186 valence electrons. The maximum atomic E-state index is 12.4. The van der Waals surface area contributed by atoms with E-state index in [1.54, 1.807) is 42.0 Å². The topological polar surface area (TPSA) is 109 Å². The summed E-state index contributed by atoms with van der Waals surface area (Å²) in [6, 6.07) is 5.64. The van der Waals surface area contributed by atoms with Crippen molar-refractivity contribution in [1.29, 1.82) is 0 Å². The average Bonchev–Trinajstić information content (AvgIpc) is 3.14. The zero-order valence-electron chi connectivity index (χ0n) is 21.1. The predicted octanol–water partition coefficient (Wildman–Crippen LogP) is 2.87. The van der Waals surface area contributed by atoms with Crippen LogP contribution in [0.5, 0.6) is 0 Å². The van der Waals surface area contributed by atoms with Crippen molar-refractivity contribution in [2.75, 3.05) is 50.5 Å². The van der Waals surface area contributed by atoms with Crippen LogP contribution in [0.2, 0.25) is 0 Å². The molecule has 0 atom stereocenters. The van der Waals surface area contributed by atoms with E-state index in [1.165, 1.54) is 4.90 Å². The van der Waals surface area contributed by atoms with Crippen LogP contribution in [0.25, 0.3) is 11.0 Å². The number of pyridine rings is 1. The van der Waals surface area contributed by atoms with Crippen LogP contribution in [0.15, 0.2) is 30.6 Å². The third-order valence-electron chi connectivity index (χ3n) is 5.68. The molecule has 3 aromatic heterocycles. The van der Waals surface area contributed by atoms with Gasteiger partial charge >= 0.3 is 6.09 Å². The van der Waals surface area contributed by atoms with Crippen LogP contribution in [-0.2, 0) is 11.8 Å². The molecule has 0 unspecified atom stereocenters. The van der Waals surface area contributed by atoms with Gasteiger partial charge in [0.25, 0.3) is 5.91 Å². The third-order valence-corrected chi connectivity index (χ3v) is 5.68. The summed E-state index contributed by atoms with van der Waals surface area (Å²) in [5.74, 6) is 0.914. The van der Waals surface area contributed by atoms with E-state index in [2.05, 4.69) is 25.2 Å². The zero-order valence-corrected chi connectivity index (χ0v) is 21.1. The lowest BCUT2D eigenvalue weighted by atomic mass is 10.2. The Morgan fingerprint density at radius 3 is 2.37 bits per heavy atom. The molecule has 2 amide bonds. The van der Waals surface area contributed by atoms with Crippen molar-refractivity contribution in [3.63, 3.8) is 0 Å². The largest absolute Gasteiger partial charge is 0.444 e. The Kier molecular flexibility index (Phi) is 6.51. The number of nitrogens with one attached hydrogen (secondary N) is 1. The number of piperazine rings is 1. The predicted molar refractivity (Wildman–Crippen MR) is 134 cm³/mol. The summed E-state index contributed by atoms with van der Waals surface area (Å²) in [6.07, 6.45) is 3.21. The molecule has 1 N–H and O–H groups in total. The number of hydrogen-bond acceptors (Lipinski definition) is 8. The Morgan fingerprint density at radius 2 is 1.77 bits per heavy atom. The van der Waals surface area contributed by atoms with Crippen molar-refractivity contribution >= 4 is 40.5 Å². The summed E-state index contributed by atoms with van der Waals surface area (Å²) < 4.78 is 7.23. The summed E-state index contributed by atoms with van der Waals surface area (Å²) >= 11 is 0. The highest BCUT2D eigenvalue weighted by molar-refractivity contribution is 5.97. The Bertz CT molecular complexity index is 1220. The van der Waals surface area contributed by atoms with Crippen molar-refractivity contribution in [2.24, 2.45) is 7.05 Å². The van der Waals surface area contributed by atoms with Crippen LogP contribution in [0, 0.1) is 0 Å². The number of ether oxygens (including phenoxy) is 1. The van der Waals surface area contributed by atoms with Gasteiger partial charge in [-0.2, -0.15) is 4.98 Å². The first-order valence-electron chi connectivity index (χ1n) is 11.5. The van der Waals surface area contributed by atoms with E-state index < -0.39 is 5.60 Å². The molecule has 0 spiro atoms. The van der Waals surface area contributed by atoms with Gasteiger partial charge in [0.1, 0.15) is 22.8 Å². The second-order valence-electron chi connectivity index (χ2n) is 9.74. The van der Waals surface area contributed by atoms with Crippen molar-refractivity contribution < 1.29 is 14.3 Å². The van der Waals surface area contributed by atoms with E-state index in [0.29, 0.717) is 49.3 Å². The van der Waals surface area contributed by atoms with E-state index in [0.717, 1.165) is 11.1 Å². The van der Waals surface area contributed by atoms with Gasteiger partial charge in [-0.25, -0.2) is 14.8 Å². The monoisotopic (exact) mass is 480 g/mol. The van der Waals surface area contributed by atoms with Gasteiger partial charge in [0.2, 0.25) is 5.95 Å². The van der Waals surface area contributed by atoms with Crippen LogP contribution in [0.3, 0.4) is 0 Å². The minimum atomic E-state index is -0.499. The fourth-order valence-corrected chi connectivity index (χ4v) is 3.84. The van der Waals surface area contributed by atoms with E-state index in [1.807, 2.05) is 40.0 Å². The lowest BCUT2D eigenvalue weighted by molar-refractivity contribution is 0.0240. The molecule has 0 bridgehead atoms. The highest BCUT2D eigenvalue weighted by atomic mass is 16.6. The highest BCUT2D eigenvalue weighted by Crippen LogP contribution is 2.22. The van der Waals surface area contributed by atoms with Crippen LogP contribution < -0.4 is 10.2 Å². The fraction of sp³-hybridized carbons (Fsp3) is 0.458. The molecule has 1 aliphatic heterocycles. The number of hydrogen-bond donors (Lipinski definition) is 1. The Balaban J connectivity index is 1.39. The van der Waals surface area contributed by atoms with E-state index in [4.69, 9.17) is 4.74 Å². The number of aromatic nitrogens is 4. The van der Waals surface area contributed by atoms with Crippen molar-refractivity contribution in [1.82, 2.24) is 29.3 Å². The van der Waals surface area contributed by atoms with E-state index in [9.17, 15) is 9.59 Å². The van der Waals surface area contributed by atoms with Crippen LogP contribution in [0.4, 0.5) is 22.2 Å². The molecule has 4 heterocycles. The molecule has 11 nitrogen and oxygen atoms in total. The number of carbonyl (C=O) groups is 2. The van der Waals surface area contributed by atoms with Gasteiger partial charge in [-0.3, -0.25) is 4.79 Å². The zero-order chi connectivity index (χ0) is 25.3. The minimum absolute atomic E-state index is 0.0933. The molecule has 1 saturated heterocycles. The Labute approximate surface area is 204 Å².